The molecule has 206 valence electrons. The van der Waals surface area contributed by atoms with Crippen LogP contribution in [0.15, 0.2) is 89.8 Å². The summed E-state index contributed by atoms with van der Waals surface area (Å²) < 4.78 is 28.6. The molecule has 1 saturated carbocycles. The van der Waals surface area contributed by atoms with Crippen molar-refractivity contribution in [2.24, 2.45) is 0 Å². The molecule has 2 amide bonds. The van der Waals surface area contributed by atoms with Crippen LogP contribution in [0.2, 0.25) is 5.02 Å². The molecule has 7 nitrogen and oxygen atoms in total. The van der Waals surface area contributed by atoms with Gasteiger partial charge >= 0.3 is 0 Å². The van der Waals surface area contributed by atoms with E-state index in [-0.39, 0.29) is 34.1 Å². The summed E-state index contributed by atoms with van der Waals surface area (Å²) in [5.41, 5.74) is 1.21. The average molecular weight is 568 g/mol. The molecule has 0 aromatic heterocycles. The Labute approximate surface area is 235 Å². The Balaban J connectivity index is 1.64. The van der Waals surface area contributed by atoms with Crippen LogP contribution in [0, 0.1) is 0 Å². The highest BCUT2D eigenvalue weighted by Gasteiger charge is 2.33. The second kappa shape index (κ2) is 13.1. The van der Waals surface area contributed by atoms with Crippen molar-refractivity contribution in [2.45, 2.75) is 56.0 Å². The van der Waals surface area contributed by atoms with Gasteiger partial charge in [0.1, 0.15) is 12.6 Å². The van der Waals surface area contributed by atoms with E-state index in [2.05, 4.69) is 5.32 Å². The summed E-state index contributed by atoms with van der Waals surface area (Å²) in [6.07, 6.45) is 4.50. The van der Waals surface area contributed by atoms with Crippen LogP contribution in [-0.2, 0) is 26.0 Å². The number of nitrogens with one attached hydrogen (secondary N) is 1. The smallest absolute Gasteiger partial charge is 0.264 e. The molecule has 1 N–H and O–H groups in total. The molecular formula is C30H34ClN3O4S. The van der Waals surface area contributed by atoms with E-state index in [1.54, 1.807) is 49.4 Å². The van der Waals surface area contributed by atoms with E-state index in [0.29, 0.717) is 6.42 Å². The molecule has 3 aromatic carbocycles. The van der Waals surface area contributed by atoms with Gasteiger partial charge in [0.05, 0.1) is 15.6 Å². The number of rotatable bonds is 11. The van der Waals surface area contributed by atoms with E-state index in [9.17, 15) is 18.0 Å². The number of hydrogen-bond acceptors (Lipinski definition) is 4. The van der Waals surface area contributed by atoms with E-state index >= 15 is 0 Å². The van der Waals surface area contributed by atoms with Gasteiger partial charge in [0, 0.05) is 12.6 Å². The highest BCUT2D eigenvalue weighted by atomic mass is 35.5. The van der Waals surface area contributed by atoms with Crippen molar-refractivity contribution >= 4 is 39.1 Å². The monoisotopic (exact) mass is 567 g/mol. The molecule has 1 unspecified atom stereocenters. The van der Waals surface area contributed by atoms with Crippen molar-refractivity contribution in [1.29, 1.82) is 0 Å². The van der Waals surface area contributed by atoms with Gasteiger partial charge in [-0.15, -0.1) is 0 Å². The van der Waals surface area contributed by atoms with Crippen molar-refractivity contribution in [2.75, 3.05) is 17.4 Å². The molecule has 1 atom stereocenters. The minimum absolute atomic E-state index is 0.0422. The number of sulfonamides is 1. The molecule has 0 aliphatic heterocycles. The fourth-order valence-corrected chi connectivity index (χ4v) is 6.59. The van der Waals surface area contributed by atoms with Crippen LogP contribution < -0.4 is 9.62 Å². The average Bonchev–Trinajstić information content (AvgIpc) is 3.46. The first-order chi connectivity index (χ1) is 18.8. The number of para-hydroxylation sites is 1. The zero-order valence-corrected chi connectivity index (χ0v) is 23.6. The van der Waals surface area contributed by atoms with Gasteiger partial charge in [-0.2, -0.15) is 0 Å². The molecule has 3 aromatic rings. The standard InChI is InChI=1S/C30H34ClN3O4S/c1-23(30(36)32-25-14-8-9-15-25)33(21-20-24-12-4-2-5-13-24)29(35)22-34(28-19-11-10-18-27(28)31)39(37,38)26-16-6-3-7-17-26/h2-7,10-13,16-19,23,25H,8-9,14-15,20-22H2,1H3,(H,32,36). The molecule has 0 heterocycles. The van der Waals surface area contributed by atoms with E-state index in [4.69, 9.17) is 11.6 Å². The van der Waals surface area contributed by atoms with E-state index < -0.39 is 28.5 Å². The molecule has 0 bridgehead atoms. The van der Waals surface area contributed by atoms with Gasteiger partial charge in [-0.3, -0.25) is 13.9 Å². The van der Waals surface area contributed by atoms with Gasteiger partial charge in [0.2, 0.25) is 11.8 Å². The van der Waals surface area contributed by atoms with Crippen LogP contribution in [0.3, 0.4) is 0 Å². The van der Waals surface area contributed by atoms with Crippen molar-refractivity contribution in [1.82, 2.24) is 10.2 Å². The maximum Gasteiger partial charge on any atom is 0.264 e. The first-order valence-electron chi connectivity index (χ1n) is 13.2. The van der Waals surface area contributed by atoms with Crippen LogP contribution in [0.5, 0.6) is 0 Å². The lowest BCUT2D eigenvalue weighted by atomic mass is 10.1. The SMILES string of the molecule is CC(C(=O)NC1CCCC1)N(CCc1ccccc1)C(=O)CN(c1ccccc1Cl)S(=O)(=O)c1ccccc1. The minimum Gasteiger partial charge on any atom is -0.352 e. The van der Waals surface area contributed by atoms with Crippen molar-refractivity contribution in [3.63, 3.8) is 0 Å². The van der Waals surface area contributed by atoms with Gasteiger partial charge < -0.3 is 10.2 Å². The second-order valence-corrected chi connectivity index (χ2v) is 12.0. The van der Waals surface area contributed by atoms with E-state index in [1.165, 1.54) is 17.0 Å². The van der Waals surface area contributed by atoms with Crippen LogP contribution in [0.1, 0.15) is 38.2 Å². The Morgan fingerprint density at radius 1 is 0.923 bits per heavy atom. The third-order valence-electron chi connectivity index (χ3n) is 7.08. The number of hydrogen-bond donors (Lipinski definition) is 1. The molecule has 1 aliphatic carbocycles. The molecule has 39 heavy (non-hydrogen) atoms. The van der Waals surface area contributed by atoms with Gasteiger partial charge in [0.25, 0.3) is 10.0 Å². The molecule has 4 rings (SSSR count). The molecular weight excluding hydrogens is 534 g/mol. The number of anilines is 1. The Morgan fingerprint density at radius 3 is 2.15 bits per heavy atom. The number of halogens is 1. The molecule has 9 heteroatoms. The summed E-state index contributed by atoms with van der Waals surface area (Å²) in [5.74, 6) is -0.724. The summed E-state index contributed by atoms with van der Waals surface area (Å²) in [7, 11) is -4.14. The van der Waals surface area contributed by atoms with Crippen LogP contribution in [0.25, 0.3) is 0 Å². The molecule has 1 aliphatic rings. The lowest BCUT2D eigenvalue weighted by Crippen LogP contribution is -2.53. The maximum absolute atomic E-state index is 13.9. The lowest BCUT2D eigenvalue weighted by Gasteiger charge is -2.32. The van der Waals surface area contributed by atoms with Crippen molar-refractivity contribution < 1.29 is 18.0 Å². The molecule has 0 saturated heterocycles. The number of benzene rings is 3. The fourth-order valence-electron chi connectivity index (χ4n) is 4.85. The number of nitrogens with zero attached hydrogens (tertiary/aromatic N) is 2. The first-order valence-corrected chi connectivity index (χ1v) is 15.1. The summed E-state index contributed by atoms with van der Waals surface area (Å²) in [6.45, 7) is 1.44. The van der Waals surface area contributed by atoms with Crippen LogP contribution in [0.4, 0.5) is 5.69 Å². The molecule has 1 fully saturated rings. The topological polar surface area (TPSA) is 86.8 Å². The Morgan fingerprint density at radius 2 is 1.51 bits per heavy atom. The number of amides is 2. The van der Waals surface area contributed by atoms with Gasteiger partial charge in [-0.25, -0.2) is 8.42 Å². The largest absolute Gasteiger partial charge is 0.352 e. The predicted molar refractivity (Wildman–Crippen MR) is 154 cm³/mol. The third kappa shape index (κ3) is 7.19. The number of carbonyl (C=O) groups is 2. The summed E-state index contributed by atoms with van der Waals surface area (Å²) in [5, 5.41) is 3.28. The van der Waals surface area contributed by atoms with E-state index in [1.807, 2.05) is 30.3 Å². The summed E-state index contributed by atoms with van der Waals surface area (Å²) in [4.78, 5) is 28.7. The van der Waals surface area contributed by atoms with Gasteiger partial charge in [0.15, 0.2) is 0 Å². The second-order valence-electron chi connectivity index (χ2n) is 9.76. The van der Waals surface area contributed by atoms with Crippen LogP contribution in [-0.4, -0.2) is 50.3 Å². The molecule has 0 radical (unpaired) electrons. The quantitative estimate of drug-likeness (QED) is 0.351. The highest BCUT2D eigenvalue weighted by Crippen LogP contribution is 2.30. The number of carbonyl (C=O) groups excluding carboxylic acids is 2. The Kier molecular flexibility index (Phi) is 9.64. The minimum atomic E-state index is -4.14. The highest BCUT2D eigenvalue weighted by molar-refractivity contribution is 7.92. The van der Waals surface area contributed by atoms with Gasteiger partial charge in [-0.1, -0.05) is 85.1 Å². The first kappa shape index (κ1) is 28.6. The van der Waals surface area contributed by atoms with E-state index in [0.717, 1.165) is 35.6 Å². The Bertz CT molecular complexity index is 1360. The van der Waals surface area contributed by atoms with Gasteiger partial charge in [-0.05, 0) is 56.0 Å². The summed E-state index contributed by atoms with van der Waals surface area (Å²) in [6, 6.07) is 23.5. The zero-order chi connectivity index (χ0) is 27.8. The predicted octanol–water partition coefficient (Wildman–Crippen LogP) is 5.05. The fraction of sp³-hybridized carbons (Fsp3) is 0.333. The zero-order valence-electron chi connectivity index (χ0n) is 22.0. The Hall–Kier alpha value is -3.36. The normalized spacial score (nSPS) is 14.5. The van der Waals surface area contributed by atoms with Crippen molar-refractivity contribution in [3.8, 4) is 0 Å². The summed E-state index contributed by atoms with van der Waals surface area (Å²) >= 11 is 6.43. The third-order valence-corrected chi connectivity index (χ3v) is 9.18. The maximum atomic E-state index is 13.9. The lowest BCUT2D eigenvalue weighted by molar-refractivity contribution is -0.139. The van der Waals surface area contributed by atoms with Crippen molar-refractivity contribution in [3.05, 3.63) is 95.5 Å². The molecule has 0 spiro atoms. The van der Waals surface area contributed by atoms with Crippen LogP contribution >= 0.6 is 11.6 Å².